The summed E-state index contributed by atoms with van der Waals surface area (Å²) in [6.45, 7) is 2.77. The third kappa shape index (κ3) is 6.63. The van der Waals surface area contributed by atoms with Gasteiger partial charge in [-0.3, -0.25) is 19.2 Å². The highest BCUT2D eigenvalue weighted by molar-refractivity contribution is 6.31. The van der Waals surface area contributed by atoms with Gasteiger partial charge in [-0.1, -0.05) is 24.3 Å². The molecule has 7 atom stereocenters. The minimum Gasteiger partial charge on any atom is -0.507 e. The van der Waals surface area contributed by atoms with Crippen LogP contribution in [0.1, 0.15) is 97.9 Å². The molecule has 1 fully saturated rings. The molecule has 56 heavy (non-hydrogen) atoms. The van der Waals surface area contributed by atoms with E-state index >= 15 is 0 Å². The lowest BCUT2D eigenvalue weighted by Gasteiger charge is -2.43. The zero-order valence-corrected chi connectivity index (χ0v) is 30.7. The number of ether oxygens (including phenoxy) is 4. The highest BCUT2D eigenvalue weighted by Crippen LogP contribution is 2.52. The van der Waals surface area contributed by atoms with Crippen molar-refractivity contribution in [2.24, 2.45) is 0 Å². The molecule has 1 aromatic heterocycles. The second-order valence-corrected chi connectivity index (χ2v) is 14.0. The number of aliphatic hydroxyl groups excluding tert-OH is 2. The maximum absolute atomic E-state index is 14.0. The number of Topliss-reactive ketones (excluding diaryl/α,β-unsaturated/α-hetero) is 1. The van der Waals surface area contributed by atoms with E-state index in [1.165, 1.54) is 25.3 Å². The number of benzene rings is 3. The molecule has 2 heterocycles. The smallest absolute Gasteiger partial charge is 0.251 e. The van der Waals surface area contributed by atoms with Gasteiger partial charge in [-0.05, 0) is 32.0 Å². The second kappa shape index (κ2) is 15.2. The molecular weight excluding hydrogens is 730 g/mol. The number of aromatic nitrogens is 2. The molecule has 4 aromatic rings. The molecule has 0 bridgehead atoms. The number of phenols is 2. The van der Waals surface area contributed by atoms with Crippen molar-refractivity contribution in [1.29, 1.82) is 0 Å². The normalized spacial score (nSPS) is 24.8. The first-order valence-corrected chi connectivity index (χ1v) is 18.0. The fraction of sp³-hybridized carbons (Fsp3) is 0.375. The van der Waals surface area contributed by atoms with Gasteiger partial charge >= 0.3 is 0 Å². The molecule has 6 N–H and O–H groups in total. The highest BCUT2D eigenvalue weighted by atomic mass is 16.7. The zero-order valence-electron chi connectivity index (χ0n) is 30.7. The number of nitrogens with one attached hydrogen (secondary N) is 1. The molecule has 3 aliphatic rings. The van der Waals surface area contributed by atoms with Gasteiger partial charge < -0.3 is 54.4 Å². The Morgan fingerprint density at radius 3 is 2.46 bits per heavy atom. The van der Waals surface area contributed by atoms with Crippen LogP contribution in [0, 0.1) is 0 Å². The van der Waals surface area contributed by atoms with E-state index in [9.17, 15) is 44.7 Å². The van der Waals surface area contributed by atoms with E-state index in [4.69, 9.17) is 18.9 Å². The van der Waals surface area contributed by atoms with Gasteiger partial charge in [-0.15, -0.1) is 0 Å². The Balaban J connectivity index is 1.18. The average molecular weight is 772 g/mol. The second-order valence-electron chi connectivity index (χ2n) is 14.0. The average Bonchev–Trinajstić information content (AvgIpc) is 3.73. The summed E-state index contributed by atoms with van der Waals surface area (Å²) in [7, 11) is 1.31. The molecule has 1 amide bonds. The molecule has 16 nitrogen and oxygen atoms in total. The van der Waals surface area contributed by atoms with Crippen LogP contribution in [-0.2, 0) is 25.4 Å². The standard InChI is InChI=1S/C40H41N3O13/c1-4-54-39(43-13-12-41-18-43)21-10-8-20(9-11-21)38(51)42-24-14-28(55-19(2)33(24)46)56-26-16-40(52,27(45)17-44)15-23-30(26)37(50)32-31(35(23)48)34(47)22-6-5-7-25(53-3)29(22)36(32)49/h5-13,18-19,24,26,28,33,39,44,46,48,50,52H,4,14-17H2,1-3H3,(H,42,51)/t19-,24-,26-,28-,33+,39?,40-/m0/s1. The molecule has 1 saturated heterocycles. The van der Waals surface area contributed by atoms with Crippen LogP contribution in [0.25, 0.3) is 0 Å². The maximum Gasteiger partial charge on any atom is 0.251 e. The Morgan fingerprint density at radius 1 is 1.07 bits per heavy atom. The minimum atomic E-state index is -2.34. The summed E-state index contributed by atoms with van der Waals surface area (Å²) in [6.07, 6.45) is -1.62. The Hall–Kier alpha value is -5.49. The first-order chi connectivity index (χ1) is 26.8. The SMILES string of the molecule is CCOC(c1ccc(C(=O)N[C@H]2C[C@H](O[C@H]3C[C@](O)(C(=O)CO)Cc4c(O)c5c(c(O)c43)C(=O)c3c(OC)cccc3C5=O)O[C@@H](C)[C@H]2O)cc1)n1ccnc1. The number of nitrogens with zero attached hydrogens (tertiary/aromatic N) is 2. The summed E-state index contributed by atoms with van der Waals surface area (Å²) in [5, 5.41) is 58.7. The summed E-state index contributed by atoms with van der Waals surface area (Å²) in [5.41, 5.74) is -2.96. The number of methoxy groups -OCH3 is 1. The lowest BCUT2D eigenvalue weighted by molar-refractivity contribution is -0.249. The van der Waals surface area contributed by atoms with Crippen LogP contribution in [0.15, 0.2) is 61.2 Å². The fourth-order valence-electron chi connectivity index (χ4n) is 7.83. The highest BCUT2D eigenvalue weighted by Gasteiger charge is 2.50. The molecule has 1 aliphatic heterocycles. The molecule has 0 saturated carbocycles. The zero-order chi connectivity index (χ0) is 40.1. The summed E-state index contributed by atoms with van der Waals surface area (Å²) in [6, 6.07) is 10.1. The van der Waals surface area contributed by atoms with E-state index in [1.807, 2.05) is 6.92 Å². The van der Waals surface area contributed by atoms with Crippen molar-refractivity contribution in [3.05, 3.63) is 106 Å². The molecule has 0 radical (unpaired) electrons. The Morgan fingerprint density at radius 2 is 1.80 bits per heavy atom. The molecule has 1 unspecified atom stereocenters. The predicted octanol–water partition coefficient (Wildman–Crippen LogP) is 2.25. The quantitative estimate of drug-likeness (QED) is 0.106. The Kier molecular flexibility index (Phi) is 10.5. The molecule has 3 aromatic carbocycles. The number of carbonyl (C=O) groups is 4. The Labute approximate surface area is 320 Å². The van der Waals surface area contributed by atoms with E-state index in [0.717, 1.165) is 5.56 Å². The van der Waals surface area contributed by atoms with Crippen molar-refractivity contribution in [3.63, 3.8) is 0 Å². The van der Waals surface area contributed by atoms with Crippen LogP contribution >= 0.6 is 0 Å². The van der Waals surface area contributed by atoms with Gasteiger partial charge in [0.1, 0.15) is 35.6 Å². The van der Waals surface area contributed by atoms with Gasteiger partial charge in [0, 0.05) is 66.1 Å². The van der Waals surface area contributed by atoms with E-state index in [2.05, 4.69) is 10.3 Å². The Bertz CT molecular complexity index is 2190. The van der Waals surface area contributed by atoms with Crippen LogP contribution < -0.4 is 10.1 Å². The summed E-state index contributed by atoms with van der Waals surface area (Å²) in [5.74, 6) is -4.55. The van der Waals surface area contributed by atoms with Crippen LogP contribution in [0.3, 0.4) is 0 Å². The first kappa shape index (κ1) is 38.8. The number of aromatic hydroxyl groups is 2. The van der Waals surface area contributed by atoms with E-state index < -0.39 is 108 Å². The van der Waals surface area contributed by atoms with Gasteiger partial charge in [0.25, 0.3) is 5.91 Å². The number of aliphatic hydroxyl groups is 3. The number of imidazole rings is 1. The monoisotopic (exact) mass is 771 g/mol. The first-order valence-electron chi connectivity index (χ1n) is 18.0. The summed E-state index contributed by atoms with van der Waals surface area (Å²) in [4.78, 5) is 58.3. The van der Waals surface area contributed by atoms with Crippen LogP contribution in [0.2, 0.25) is 0 Å². The number of hydrogen-bond acceptors (Lipinski definition) is 14. The molecule has 0 spiro atoms. The van der Waals surface area contributed by atoms with Gasteiger partial charge in [-0.25, -0.2) is 4.98 Å². The van der Waals surface area contributed by atoms with Crippen molar-refractivity contribution in [2.75, 3.05) is 20.3 Å². The van der Waals surface area contributed by atoms with Crippen molar-refractivity contribution in [3.8, 4) is 17.2 Å². The largest absolute Gasteiger partial charge is 0.507 e. The number of fused-ring (bicyclic) bond motifs is 3. The summed E-state index contributed by atoms with van der Waals surface area (Å²) < 4.78 is 25.2. The predicted molar refractivity (Wildman–Crippen MR) is 193 cm³/mol. The number of rotatable bonds is 11. The molecule has 2 aliphatic carbocycles. The molecule has 7 rings (SSSR count). The van der Waals surface area contributed by atoms with Crippen molar-refractivity contribution in [2.45, 2.75) is 75.6 Å². The van der Waals surface area contributed by atoms with Crippen LogP contribution in [0.5, 0.6) is 17.2 Å². The van der Waals surface area contributed by atoms with Crippen molar-refractivity contribution < 1.29 is 63.7 Å². The minimum absolute atomic E-state index is 0.0650. The van der Waals surface area contributed by atoms with Crippen molar-refractivity contribution in [1.82, 2.24) is 14.9 Å². The van der Waals surface area contributed by atoms with E-state index in [-0.39, 0.29) is 40.0 Å². The third-order valence-corrected chi connectivity index (χ3v) is 10.7. The summed E-state index contributed by atoms with van der Waals surface area (Å²) >= 11 is 0. The molecule has 294 valence electrons. The lowest BCUT2D eigenvalue weighted by Crippen LogP contribution is -2.55. The number of amides is 1. The topological polar surface area (TPSA) is 236 Å². The molecule has 16 heteroatoms. The lowest BCUT2D eigenvalue weighted by atomic mass is 9.72. The fourth-order valence-corrected chi connectivity index (χ4v) is 7.83. The van der Waals surface area contributed by atoms with E-state index in [0.29, 0.717) is 6.61 Å². The number of phenolic OH excluding ortho intramolecular Hbond substituents is 2. The number of carbonyl (C=O) groups excluding carboxylic acids is 4. The third-order valence-electron chi connectivity index (χ3n) is 10.7. The van der Waals surface area contributed by atoms with Gasteiger partial charge in [0.2, 0.25) is 5.78 Å². The molecular formula is C40H41N3O13. The van der Waals surface area contributed by atoms with E-state index in [1.54, 1.807) is 54.5 Å². The number of ketones is 3. The maximum atomic E-state index is 14.0. The number of hydrogen-bond donors (Lipinski definition) is 6. The van der Waals surface area contributed by atoms with Crippen molar-refractivity contribution >= 4 is 23.3 Å². The van der Waals surface area contributed by atoms with Gasteiger partial charge in [0.05, 0.1) is 48.4 Å². The van der Waals surface area contributed by atoms with Gasteiger partial charge in [0.15, 0.2) is 24.1 Å². The van der Waals surface area contributed by atoms with Crippen LogP contribution in [-0.4, -0.2) is 109 Å². The van der Waals surface area contributed by atoms with Crippen LogP contribution in [0.4, 0.5) is 0 Å². The van der Waals surface area contributed by atoms with Gasteiger partial charge in [-0.2, -0.15) is 0 Å².